The Kier molecular flexibility index (Phi) is 5.42. The molecule has 1 rings (SSSR count). The average Bonchev–Trinajstić information content (AvgIpc) is 2.30. The zero-order chi connectivity index (χ0) is 12.7. The largest absolute Gasteiger partial charge is 0.492 e. The van der Waals surface area contributed by atoms with E-state index in [9.17, 15) is 9.18 Å². The highest BCUT2D eigenvalue weighted by Crippen LogP contribution is 2.25. The van der Waals surface area contributed by atoms with Gasteiger partial charge in [0.25, 0.3) is 0 Å². The Hall–Kier alpha value is -1.62. The molecule has 0 saturated carbocycles. The third-order valence-corrected chi connectivity index (χ3v) is 1.95. The van der Waals surface area contributed by atoms with Gasteiger partial charge in [0, 0.05) is 12.7 Å². The molecule has 0 spiro atoms. The van der Waals surface area contributed by atoms with E-state index in [2.05, 4.69) is 5.32 Å². The van der Waals surface area contributed by atoms with Crippen LogP contribution < -0.4 is 10.1 Å². The fourth-order valence-corrected chi connectivity index (χ4v) is 1.26. The summed E-state index contributed by atoms with van der Waals surface area (Å²) in [6, 6.07) is 3.96. The van der Waals surface area contributed by atoms with Crippen molar-refractivity contribution in [3.8, 4) is 5.75 Å². The Morgan fingerprint density at radius 1 is 1.35 bits per heavy atom. The average molecular weight is 241 g/mol. The maximum atomic E-state index is 13.0. The summed E-state index contributed by atoms with van der Waals surface area (Å²) in [5.41, 5.74) is 0.443. The first kappa shape index (κ1) is 13.4. The molecule has 5 heteroatoms. The second-order valence-corrected chi connectivity index (χ2v) is 3.26. The lowest BCUT2D eigenvalue weighted by Gasteiger charge is -2.11. The van der Waals surface area contributed by atoms with Crippen LogP contribution in [0.4, 0.5) is 10.1 Å². The molecular weight excluding hydrogens is 225 g/mol. The van der Waals surface area contributed by atoms with E-state index in [1.807, 2.05) is 0 Å². The third kappa shape index (κ3) is 4.40. The summed E-state index contributed by atoms with van der Waals surface area (Å²) < 4.78 is 23.2. The molecule has 0 unspecified atom stereocenters. The van der Waals surface area contributed by atoms with Crippen LogP contribution in [0.5, 0.6) is 5.75 Å². The molecule has 0 aromatic heterocycles. The molecule has 0 aliphatic heterocycles. The highest BCUT2D eigenvalue weighted by molar-refractivity contribution is 5.93. The lowest BCUT2D eigenvalue weighted by molar-refractivity contribution is -0.120. The maximum absolute atomic E-state index is 13.0. The molecule has 0 aliphatic carbocycles. The van der Waals surface area contributed by atoms with Gasteiger partial charge in [-0.3, -0.25) is 4.79 Å². The molecule has 1 amide bonds. The molecule has 0 aliphatic rings. The van der Waals surface area contributed by atoms with Crippen molar-refractivity contribution in [3.05, 3.63) is 24.0 Å². The molecule has 94 valence electrons. The fraction of sp³-hybridized carbons (Fsp3) is 0.417. The van der Waals surface area contributed by atoms with Gasteiger partial charge < -0.3 is 14.8 Å². The number of nitrogens with one attached hydrogen (secondary N) is 1. The van der Waals surface area contributed by atoms with Gasteiger partial charge in [0.15, 0.2) is 0 Å². The molecule has 0 fully saturated rings. The van der Waals surface area contributed by atoms with Gasteiger partial charge in [-0.25, -0.2) is 4.39 Å². The number of amides is 1. The van der Waals surface area contributed by atoms with E-state index in [0.717, 1.165) is 0 Å². The summed E-state index contributed by atoms with van der Waals surface area (Å²) in [5, 5.41) is 2.60. The molecule has 0 heterocycles. The quantitative estimate of drug-likeness (QED) is 0.830. The van der Waals surface area contributed by atoms with Gasteiger partial charge in [0.05, 0.1) is 12.3 Å². The van der Waals surface area contributed by atoms with Crippen molar-refractivity contribution in [1.29, 1.82) is 0 Å². The van der Waals surface area contributed by atoms with Gasteiger partial charge in [0.1, 0.15) is 18.2 Å². The van der Waals surface area contributed by atoms with Gasteiger partial charge in [-0.1, -0.05) is 0 Å². The van der Waals surface area contributed by atoms with E-state index in [4.69, 9.17) is 9.47 Å². The summed E-state index contributed by atoms with van der Waals surface area (Å²) >= 11 is 0. The van der Waals surface area contributed by atoms with E-state index in [1.165, 1.54) is 18.2 Å². The van der Waals surface area contributed by atoms with Gasteiger partial charge in [-0.05, 0) is 26.0 Å². The molecule has 1 aromatic rings. The van der Waals surface area contributed by atoms with Crippen molar-refractivity contribution >= 4 is 11.6 Å². The maximum Gasteiger partial charge on any atom is 0.250 e. The lowest BCUT2D eigenvalue weighted by Crippen LogP contribution is -2.18. The monoisotopic (exact) mass is 241 g/mol. The predicted octanol–water partition coefficient (Wildman–Crippen LogP) is 2.20. The zero-order valence-corrected chi connectivity index (χ0v) is 9.96. The highest BCUT2D eigenvalue weighted by Gasteiger charge is 2.08. The van der Waals surface area contributed by atoms with Crippen molar-refractivity contribution < 1.29 is 18.7 Å². The third-order valence-electron chi connectivity index (χ3n) is 1.95. The molecular formula is C12H16FNO3. The Morgan fingerprint density at radius 2 is 2.12 bits per heavy atom. The first-order valence-corrected chi connectivity index (χ1v) is 5.47. The first-order chi connectivity index (χ1) is 8.17. The van der Waals surface area contributed by atoms with Crippen LogP contribution in [0, 0.1) is 5.82 Å². The van der Waals surface area contributed by atoms with Crippen LogP contribution >= 0.6 is 0 Å². The summed E-state index contributed by atoms with van der Waals surface area (Å²) in [7, 11) is 0. The molecule has 1 N–H and O–H groups in total. The number of carbonyl (C=O) groups is 1. The molecule has 17 heavy (non-hydrogen) atoms. The first-order valence-electron chi connectivity index (χ1n) is 5.47. The van der Waals surface area contributed by atoms with Crippen molar-refractivity contribution in [2.45, 2.75) is 13.8 Å². The van der Waals surface area contributed by atoms with E-state index in [1.54, 1.807) is 13.8 Å². The number of benzene rings is 1. The lowest BCUT2D eigenvalue weighted by atomic mass is 10.3. The van der Waals surface area contributed by atoms with Gasteiger partial charge >= 0.3 is 0 Å². The number of halogens is 1. The van der Waals surface area contributed by atoms with Crippen LogP contribution in [0.1, 0.15) is 13.8 Å². The molecule has 4 nitrogen and oxygen atoms in total. The van der Waals surface area contributed by atoms with Gasteiger partial charge in [-0.15, -0.1) is 0 Å². The topological polar surface area (TPSA) is 47.6 Å². The summed E-state index contributed by atoms with van der Waals surface area (Å²) in [4.78, 5) is 11.4. The fourth-order valence-electron chi connectivity index (χ4n) is 1.26. The summed E-state index contributed by atoms with van der Waals surface area (Å²) in [6.07, 6.45) is 0. The molecule has 1 aromatic carbocycles. The predicted molar refractivity (Wildman–Crippen MR) is 62.7 cm³/mol. The van der Waals surface area contributed by atoms with E-state index >= 15 is 0 Å². The second kappa shape index (κ2) is 6.85. The van der Waals surface area contributed by atoms with Gasteiger partial charge in [-0.2, -0.15) is 0 Å². The minimum atomic E-state index is -0.406. The van der Waals surface area contributed by atoms with Crippen LogP contribution in [0.3, 0.4) is 0 Å². The molecule has 0 saturated heterocycles. The molecule has 0 radical (unpaired) electrons. The highest BCUT2D eigenvalue weighted by atomic mass is 19.1. The molecule has 0 atom stereocenters. The smallest absolute Gasteiger partial charge is 0.250 e. The van der Waals surface area contributed by atoms with Crippen LogP contribution in [-0.4, -0.2) is 25.7 Å². The Morgan fingerprint density at radius 3 is 2.76 bits per heavy atom. The number of carbonyl (C=O) groups excluding carboxylic acids is 1. The van der Waals surface area contributed by atoms with E-state index < -0.39 is 5.82 Å². The number of hydrogen-bond acceptors (Lipinski definition) is 3. The van der Waals surface area contributed by atoms with E-state index in [0.29, 0.717) is 24.7 Å². The summed E-state index contributed by atoms with van der Waals surface area (Å²) in [6.45, 7) is 4.43. The Balaban J connectivity index is 2.72. The number of ether oxygens (including phenoxy) is 2. The van der Waals surface area contributed by atoms with Crippen molar-refractivity contribution in [3.63, 3.8) is 0 Å². The second-order valence-electron chi connectivity index (χ2n) is 3.26. The minimum absolute atomic E-state index is 0.0283. The van der Waals surface area contributed by atoms with Crippen LogP contribution in [0.2, 0.25) is 0 Å². The van der Waals surface area contributed by atoms with Crippen molar-refractivity contribution in [2.75, 3.05) is 25.1 Å². The number of rotatable bonds is 6. The minimum Gasteiger partial charge on any atom is -0.492 e. The number of anilines is 1. The van der Waals surface area contributed by atoms with Crippen molar-refractivity contribution in [1.82, 2.24) is 0 Å². The van der Waals surface area contributed by atoms with Crippen LogP contribution in [0.15, 0.2) is 18.2 Å². The molecule has 0 bridgehead atoms. The Bertz CT molecular complexity index is 382. The van der Waals surface area contributed by atoms with E-state index in [-0.39, 0.29) is 12.5 Å². The normalized spacial score (nSPS) is 10.1. The summed E-state index contributed by atoms with van der Waals surface area (Å²) in [5.74, 6) is -0.381. The van der Waals surface area contributed by atoms with Crippen LogP contribution in [-0.2, 0) is 9.53 Å². The van der Waals surface area contributed by atoms with Crippen molar-refractivity contribution in [2.24, 2.45) is 0 Å². The Labute approximate surface area is 99.7 Å². The van der Waals surface area contributed by atoms with Crippen LogP contribution in [0.25, 0.3) is 0 Å². The zero-order valence-electron chi connectivity index (χ0n) is 9.96. The SMILES string of the molecule is CCOCC(=O)Nc1ccc(F)cc1OCC. The number of hydrogen-bond donors (Lipinski definition) is 1. The standard InChI is InChI=1S/C12H16FNO3/c1-3-16-8-12(15)14-10-6-5-9(13)7-11(10)17-4-2/h5-7H,3-4,8H2,1-2H3,(H,14,15). The van der Waals surface area contributed by atoms with Gasteiger partial charge in [0.2, 0.25) is 5.91 Å².